The third kappa shape index (κ3) is 2.21. The van der Waals surface area contributed by atoms with Crippen molar-refractivity contribution in [2.24, 2.45) is 0 Å². The monoisotopic (exact) mass is 221 g/mol. The molecule has 0 unspecified atom stereocenters. The Labute approximate surface area is 93.6 Å². The average molecular weight is 221 g/mol. The Bertz CT molecular complexity index is 511. The van der Waals surface area contributed by atoms with Gasteiger partial charge in [0.2, 0.25) is 0 Å². The van der Waals surface area contributed by atoms with Crippen LogP contribution in [0, 0.1) is 0 Å². The van der Waals surface area contributed by atoms with E-state index in [2.05, 4.69) is 9.72 Å². The summed E-state index contributed by atoms with van der Waals surface area (Å²) in [5.41, 5.74) is 0.356. The minimum absolute atomic E-state index is 0.201. The maximum Gasteiger partial charge on any atom is 0.379 e. The van der Waals surface area contributed by atoms with E-state index in [0.29, 0.717) is 5.56 Å². The highest BCUT2D eigenvalue weighted by Gasteiger charge is 2.19. The van der Waals surface area contributed by atoms with Gasteiger partial charge in [-0.05, 0) is 20.8 Å². The number of esters is 1. The molecule has 4 heteroatoms. The first kappa shape index (κ1) is 12.2. The number of hydrogen-bond acceptors (Lipinski definition) is 3. The molecule has 0 saturated carbocycles. The standard InChI is InChI=1S/C12H15NO3/c1-4-8-9(7-13-10(8)5-2)11(14)12(15)16-6-3/h4-5,7,13H,6H2,1-3H3/b8-4-,10-5+. The molecule has 0 bridgehead atoms. The van der Waals surface area contributed by atoms with Crippen LogP contribution in [0.1, 0.15) is 31.1 Å². The van der Waals surface area contributed by atoms with Crippen LogP contribution in [0.25, 0.3) is 12.2 Å². The van der Waals surface area contributed by atoms with Crippen LogP contribution in [0.3, 0.4) is 0 Å². The van der Waals surface area contributed by atoms with Crippen molar-refractivity contribution in [2.75, 3.05) is 6.61 Å². The van der Waals surface area contributed by atoms with E-state index in [-0.39, 0.29) is 6.61 Å². The molecule has 1 N–H and O–H groups in total. The average Bonchev–Trinajstić information content (AvgIpc) is 2.70. The zero-order valence-corrected chi connectivity index (χ0v) is 9.66. The third-order valence-corrected chi connectivity index (χ3v) is 2.24. The van der Waals surface area contributed by atoms with E-state index in [9.17, 15) is 9.59 Å². The van der Waals surface area contributed by atoms with Gasteiger partial charge in [0.15, 0.2) is 0 Å². The molecule has 0 saturated heterocycles. The summed E-state index contributed by atoms with van der Waals surface area (Å²) in [6.07, 6.45) is 5.17. The van der Waals surface area contributed by atoms with E-state index in [1.54, 1.807) is 13.0 Å². The molecule has 4 nitrogen and oxygen atoms in total. The molecule has 1 aromatic rings. The maximum absolute atomic E-state index is 11.7. The van der Waals surface area contributed by atoms with Crippen LogP contribution in [0.2, 0.25) is 0 Å². The van der Waals surface area contributed by atoms with Gasteiger partial charge in [0.1, 0.15) is 0 Å². The Morgan fingerprint density at radius 3 is 2.56 bits per heavy atom. The number of H-pyrrole nitrogens is 1. The number of carbonyl (C=O) groups is 2. The molecular formula is C12H15NO3. The maximum atomic E-state index is 11.7. The van der Waals surface area contributed by atoms with E-state index in [4.69, 9.17) is 0 Å². The van der Waals surface area contributed by atoms with Gasteiger partial charge in [0, 0.05) is 16.8 Å². The molecule has 1 rings (SSSR count). The number of rotatable bonds is 3. The van der Waals surface area contributed by atoms with E-state index >= 15 is 0 Å². The zero-order chi connectivity index (χ0) is 12.1. The lowest BCUT2D eigenvalue weighted by Crippen LogP contribution is -2.29. The smallest absolute Gasteiger partial charge is 0.379 e. The third-order valence-electron chi connectivity index (χ3n) is 2.24. The van der Waals surface area contributed by atoms with E-state index in [1.165, 1.54) is 6.20 Å². The van der Waals surface area contributed by atoms with Crippen LogP contribution in [-0.4, -0.2) is 23.3 Å². The van der Waals surface area contributed by atoms with Crippen LogP contribution < -0.4 is 10.6 Å². The highest BCUT2D eigenvalue weighted by molar-refractivity contribution is 6.40. The molecule has 0 radical (unpaired) electrons. The Hall–Kier alpha value is -1.84. The summed E-state index contributed by atoms with van der Waals surface area (Å²) >= 11 is 0. The normalized spacial score (nSPS) is 12.9. The SMILES string of the molecule is C/C=c1/c(C(=O)C(=O)OCC)c[nH]/c1=C/C. The first-order valence-corrected chi connectivity index (χ1v) is 5.17. The van der Waals surface area contributed by atoms with Crippen LogP contribution in [0.4, 0.5) is 0 Å². The largest absolute Gasteiger partial charge is 0.460 e. The van der Waals surface area contributed by atoms with Crippen molar-refractivity contribution in [3.63, 3.8) is 0 Å². The van der Waals surface area contributed by atoms with Crippen molar-refractivity contribution in [2.45, 2.75) is 20.8 Å². The Morgan fingerprint density at radius 1 is 1.38 bits per heavy atom. The van der Waals surface area contributed by atoms with Crippen molar-refractivity contribution in [3.05, 3.63) is 22.3 Å². The molecule has 0 atom stereocenters. The number of aromatic nitrogens is 1. The van der Waals surface area contributed by atoms with Crippen molar-refractivity contribution in [1.29, 1.82) is 0 Å². The molecule has 0 aliphatic heterocycles. The quantitative estimate of drug-likeness (QED) is 0.455. The lowest BCUT2D eigenvalue weighted by Gasteiger charge is -1.98. The van der Waals surface area contributed by atoms with Gasteiger partial charge < -0.3 is 9.72 Å². The van der Waals surface area contributed by atoms with Crippen LogP contribution in [0.5, 0.6) is 0 Å². The molecule has 16 heavy (non-hydrogen) atoms. The summed E-state index contributed by atoms with van der Waals surface area (Å²) in [4.78, 5) is 26.0. The summed E-state index contributed by atoms with van der Waals surface area (Å²) < 4.78 is 4.67. The topological polar surface area (TPSA) is 59.2 Å². The van der Waals surface area contributed by atoms with Gasteiger partial charge in [-0.3, -0.25) is 4.79 Å². The van der Waals surface area contributed by atoms with Crippen molar-refractivity contribution in [3.8, 4) is 0 Å². The minimum Gasteiger partial charge on any atom is -0.460 e. The first-order valence-electron chi connectivity index (χ1n) is 5.17. The number of ether oxygens (including phenoxy) is 1. The van der Waals surface area contributed by atoms with Gasteiger partial charge in [0.25, 0.3) is 5.78 Å². The zero-order valence-electron chi connectivity index (χ0n) is 9.66. The number of carbonyl (C=O) groups excluding carboxylic acids is 2. The summed E-state index contributed by atoms with van der Waals surface area (Å²) in [6, 6.07) is 0. The lowest BCUT2D eigenvalue weighted by molar-refractivity contribution is -0.137. The summed E-state index contributed by atoms with van der Waals surface area (Å²) in [6.45, 7) is 5.54. The van der Waals surface area contributed by atoms with Gasteiger partial charge in [-0.25, -0.2) is 4.79 Å². The predicted molar refractivity (Wildman–Crippen MR) is 61.3 cm³/mol. The second kappa shape index (κ2) is 5.30. The second-order valence-corrected chi connectivity index (χ2v) is 3.16. The minimum atomic E-state index is -0.813. The van der Waals surface area contributed by atoms with Crippen molar-refractivity contribution in [1.82, 2.24) is 4.98 Å². The summed E-state index contributed by atoms with van der Waals surface area (Å²) in [5, 5.41) is 1.57. The Morgan fingerprint density at radius 2 is 2.06 bits per heavy atom. The number of Topliss-reactive ketones (excluding diaryl/α,β-unsaturated/α-hetero) is 1. The Balaban J connectivity index is 3.21. The molecule has 0 aromatic carbocycles. The molecule has 86 valence electrons. The van der Waals surface area contributed by atoms with Crippen LogP contribution in [0.15, 0.2) is 6.20 Å². The van der Waals surface area contributed by atoms with Crippen molar-refractivity contribution < 1.29 is 14.3 Å². The first-order chi connectivity index (χ1) is 7.65. The highest BCUT2D eigenvalue weighted by Crippen LogP contribution is 1.93. The van der Waals surface area contributed by atoms with Gasteiger partial charge >= 0.3 is 5.97 Å². The fraction of sp³-hybridized carbons (Fsp3) is 0.333. The van der Waals surface area contributed by atoms with Crippen LogP contribution >= 0.6 is 0 Å². The van der Waals surface area contributed by atoms with Gasteiger partial charge in [-0.15, -0.1) is 0 Å². The molecule has 0 aliphatic carbocycles. The van der Waals surface area contributed by atoms with Gasteiger partial charge in [0.05, 0.1) is 12.2 Å². The van der Waals surface area contributed by atoms with E-state index in [0.717, 1.165) is 10.6 Å². The molecule has 1 aromatic heterocycles. The van der Waals surface area contributed by atoms with Gasteiger partial charge in [-0.1, -0.05) is 12.2 Å². The number of hydrogen-bond donors (Lipinski definition) is 1. The van der Waals surface area contributed by atoms with Crippen molar-refractivity contribution >= 4 is 23.9 Å². The summed E-state index contributed by atoms with van der Waals surface area (Å²) in [5.74, 6) is -1.42. The van der Waals surface area contributed by atoms with E-state index in [1.807, 2.05) is 19.9 Å². The summed E-state index contributed by atoms with van der Waals surface area (Å²) in [7, 11) is 0. The number of nitrogens with one attached hydrogen (secondary N) is 1. The fourth-order valence-corrected chi connectivity index (χ4v) is 1.49. The van der Waals surface area contributed by atoms with E-state index < -0.39 is 11.8 Å². The number of aromatic amines is 1. The predicted octanol–water partition coefficient (Wildman–Crippen LogP) is 0.361. The molecular weight excluding hydrogens is 206 g/mol. The Kier molecular flexibility index (Phi) is 4.05. The molecule has 0 fully saturated rings. The lowest BCUT2D eigenvalue weighted by atomic mass is 10.1. The van der Waals surface area contributed by atoms with Crippen LogP contribution in [-0.2, 0) is 9.53 Å². The molecule has 0 aliphatic rings. The molecule has 0 amide bonds. The number of ketones is 1. The molecule has 1 heterocycles. The van der Waals surface area contributed by atoms with Gasteiger partial charge in [-0.2, -0.15) is 0 Å². The second-order valence-electron chi connectivity index (χ2n) is 3.16. The fourth-order valence-electron chi connectivity index (χ4n) is 1.49. The molecule has 0 spiro atoms. The highest BCUT2D eigenvalue weighted by atomic mass is 16.5.